The van der Waals surface area contributed by atoms with Crippen LogP contribution >= 0.6 is 11.6 Å². The Bertz CT molecular complexity index is 870. The zero-order valence-electron chi connectivity index (χ0n) is 13.4. The minimum atomic E-state index is -0.939. The number of ether oxygens (including phenoxy) is 2. The molecule has 2 N–H and O–H groups in total. The number of hydrogen-bond donors (Lipinski definition) is 2. The molecule has 136 valence electrons. The topological polar surface area (TPSA) is 128 Å². The Balaban J connectivity index is 2.01. The van der Waals surface area contributed by atoms with Gasteiger partial charge in [0.25, 0.3) is 11.6 Å². The maximum Gasteiger partial charge on any atom is 0.342 e. The van der Waals surface area contributed by atoms with Crippen LogP contribution in [0.15, 0.2) is 36.4 Å². The minimum absolute atomic E-state index is 0.0901. The van der Waals surface area contributed by atoms with E-state index in [-0.39, 0.29) is 22.0 Å². The van der Waals surface area contributed by atoms with Crippen molar-refractivity contribution in [1.29, 1.82) is 0 Å². The third-order valence-electron chi connectivity index (χ3n) is 3.19. The number of aromatic hydroxyl groups is 1. The van der Waals surface area contributed by atoms with Crippen LogP contribution in [0.25, 0.3) is 0 Å². The second kappa shape index (κ2) is 8.17. The second-order valence-electron chi connectivity index (χ2n) is 4.93. The van der Waals surface area contributed by atoms with Crippen molar-refractivity contribution in [3.63, 3.8) is 0 Å². The SMILES string of the molecule is COc1ccc(C(=O)OCC(=O)Nc2ccc(Cl)cc2[N+](=O)[O-])c(O)c1. The summed E-state index contributed by atoms with van der Waals surface area (Å²) in [7, 11) is 1.40. The first-order chi connectivity index (χ1) is 12.3. The number of nitrogens with zero attached hydrogens (tertiary/aromatic N) is 1. The summed E-state index contributed by atoms with van der Waals surface area (Å²) in [6.45, 7) is -0.704. The Morgan fingerprint density at radius 3 is 2.62 bits per heavy atom. The van der Waals surface area contributed by atoms with Crippen LogP contribution < -0.4 is 10.1 Å². The first-order valence-corrected chi connectivity index (χ1v) is 7.47. The van der Waals surface area contributed by atoms with Gasteiger partial charge >= 0.3 is 5.97 Å². The fraction of sp³-hybridized carbons (Fsp3) is 0.125. The van der Waals surface area contributed by atoms with Crippen molar-refractivity contribution in [2.45, 2.75) is 0 Å². The van der Waals surface area contributed by atoms with Gasteiger partial charge < -0.3 is 19.9 Å². The number of amides is 1. The van der Waals surface area contributed by atoms with Gasteiger partial charge in [0, 0.05) is 17.2 Å². The van der Waals surface area contributed by atoms with Crippen molar-refractivity contribution in [2.24, 2.45) is 0 Å². The van der Waals surface area contributed by atoms with Crippen molar-refractivity contribution in [2.75, 3.05) is 19.0 Å². The third-order valence-corrected chi connectivity index (χ3v) is 3.42. The molecule has 0 atom stereocenters. The van der Waals surface area contributed by atoms with E-state index in [9.17, 15) is 24.8 Å². The molecule has 2 aromatic rings. The fourth-order valence-corrected chi connectivity index (χ4v) is 2.13. The molecule has 0 saturated carbocycles. The lowest BCUT2D eigenvalue weighted by Gasteiger charge is -2.09. The summed E-state index contributed by atoms with van der Waals surface area (Å²) in [5.74, 6) is -1.77. The average molecular weight is 381 g/mol. The number of phenols is 1. The van der Waals surface area contributed by atoms with Crippen LogP contribution in [0.1, 0.15) is 10.4 Å². The van der Waals surface area contributed by atoms with Crippen LogP contribution in [-0.2, 0) is 9.53 Å². The van der Waals surface area contributed by atoms with Crippen LogP contribution in [0.2, 0.25) is 5.02 Å². The smallest absolute Gasteiger partial charge is 0.342 e. The van der Waals surface area contributed by atoms with E-state index in [4.69, 9.17) is 21.1 Å². The molecular weight excluding hydrogens is 368 g/mol. The molecule has 9 nitrogen and oxygen atoms in total. The maximum absolute atomic E-state index is 11.9. The lowest BCUT2D eigenvalue weighted by atomic mass is 10.2. The van der Waals surface area contributed by atoms with Crippen molar-refractivity contribution >= 4 is 34.9 Å². The van der Waals surface area contributed by atoms with Gasteiger partial charge in [0.2, 0.25) is 0 Å². The Labute approximate surface area is 152 Å². The summed E-state index contributed by atoms with van der Waals surface area (Å²) in [6.07, 6.45) is 0. The number of hydrogen-bond acceptors (Lipinski definition) is 7. The molecule has 26 heavy (non-hydrogen) atoms. The van der Waals surface area contributed by atoms with Gasteiger partial charge in [0.1, 0.15) is 22.7 Å². The predicted octanol–water partition coefficient (Wildman–Crippen LogP) is 2.76. The highest BCUT2D eigenvalue weighted by molar-refractivity contribution is 6.31. The van der Waals surface area contributed by atoms with Gasteiger partial charge in [-0.15, -0.1) is 0 Å². The lowest BCUT2D eigenvalue weighted by molar-refractivity contribution is -0.383. The summed E-state index contributed by atoms with van der Waals surface area (Å²) >= 11 is 5.69. The largest absolute Gasteiger partial charge is 0.507 e. The zero-order chi connectivity index (χ0) is 19.3. The molecule has 0 aliphatic carbocycles. The predicted molar refractivity (Wildman–Crippen MR) is 91.7 cm³/mol. The quantitative estimate of drug-likeness (QED) is 0.448. The summed E-state index contributed by atoms with van der Waals surface area (Å²) in [6, 6.07) is 7.64. The average Bonchev–Trinajstić information content (AvgIpc) is 2.60. The van der Waals surface area contributed by atoms with Crippen LogP contribution in [-0.4, -0.2) is 35.6 Å². The molecule has 0 fully saturated rings. The number of benzene rings is 2. The molecule has 0 spiro atoms. The van der Waals surface area contributed by atoms with Gasteiger partial charge in [-0.05, 0) is 24.3 Å². The van der Waals surface area contributed by atoms with E-state index in [2.05, 4.69) is 5.32 Å². The number of carbonyl (C=O) groups excluding carboxylic acids is 2. The van der Waals surface area contributed by atoms with Gasteiger partial charge in [0.15, 0.2) is 6.61 Å². The van der Waals surface area contributed by atoms with Crippen LogP contribution in [0, 0.1) is 10.1 Å². The summed E-state index contributed by atoms with van der Waals surface area (Å²) in [4.78, 5) is 34.0. The van der Waals surface area contributed by atoms with Crippen LogP contribution in [0.3, 0.4) is 0 Å². The van der Waals surface area contributed by atoms with Gasteiger partial charge in [-0.1, -0.05) is 11.6 Å². The van der Waals surface area contributed by atoms with Gasteiger partial charge in [-0.3, -0.25) is 14.9 Å². The highest BCUT2D eigenvalue weighted by atomic mass is 35.5. The molecule has 10 heteroatoms. The van der Waals surface area contributed by atoms with E-state index in [0.29, 0.717) is 5.75 Å². The highest BCUT2D eigenvalue weighted by Crippen LogP contribution is 2.28. The van der Waals surface area contributed by atoms with Gasteiger partial charge in [-0.2, -0.15) is 0 Å². The van der Waals surface area contributed by atoms with E-state index in [1.165, 1.54) is 37.4 Å². The third kappa shape index (κ3) is 4.61. The number of halogens is 1. The van der Waals surface area contributed by atoms with Crippen molar-refractivity contribution in [1.82, 2.24) is 0 Å². The summed E-state index contributed by atoms with van der Waals surface area (Å²) in [5.41, 5.74) is -0.645. The lowest BCUT2D eigenvalue weighted by Crippen LogP contribution is -2.21. The van der Waals surface area contributed by atoms with E-state index >= 15 is 0 Å². The number of esters is 1. The molecule has 0 heterocycles. The standard InChI is InChI=1S/C16H13ClN2O7/c1-25-10-3-4-11(14(20)7-10)16(22)26-8-15(21)18-12-5-2-9(17)6-13(12)19(23)24/h2-7,20H,8H2,1H3,(H,18,21). The van der Waals surface area contributed by atoms with Gasteiger partial charge in [0.05, 0.1) is 12.0 Å². The normalized spacial score (nSPS) is 10.1. The molecule has 0 bridgehead atoms. The molecule has 2 aromatic carbocycles. The molecule has 2 rings (SSSR count). The number of phenolic OH excluding ortho intramolecular Hbond substituents is 1. The maximum atomic E-state index is 11.9. The Morgan fingerprint density at radius 1 is 1.27 bits per heavy atom. The Kier molecular flexibility index (Phi) is 5.97. The summed E-state index contributed by atoms with van der Waals surface area (Å²) in [5, 5.41) is 23.1. The fourth-order valence-electron chi connectivity index (χ4n) is 1.97. The first kappa shape index (κ1) is 19.0. The number of nitro groups is 1. The number of anilines is 1. The first-order valence-electron chi connectivity index (χ1n) is 7.09. The Hall–Kier alpha value is -3.33. The van der Waals surface area contributed by atoms with E-state index in [1.807, 2.05) is 0 Å². The number of carbonyl (C=O) groups is 2. The van der Waals surface area contributed by atoms with Crippen molar-refractivity contribution in [3.05, 3.63) is 57.1 Å². The summed E-state index contributed by atoms with van der Waals surface area (Å²) < 4.78 is 9.69. The van der Waals surface area contributed by atoms with E-state index < -0.39 is 29.1 Å². The molecule has 0 saturated heterocycles. The number of nitro benzene ring substituents is 1. The highest BCUT2D eigenvalue weighted by Gasteiger charge is 2.19. The molecule has 0 aliphatic rings. The zero-order valence-corrected chi connectivity index (χ0v) is 14.1. The van der Waals surface area contributed by atoms with Crippen LogP contribution in [0.4, 0.5) is 11.4 Å². The van der Waals surface area contributed by atoms with Crippen molar-refractivity contribution < 1.29 is 29.1 Å². The molecule has 0 radical (unpaired) electrons. The molecular formula is C16H13ClN2O7. The molecule has 0 aliphatic heterocycles. The molecule has 0 unspecified atom stereocenters. The number of nitrogens with one attached hydrogen (secondary N) is 1. The Morgan fingerprint density at radius 2 is 2.00 bits per heavy atom. The number of rotatable bonds is 6. The van der Waals surface area contributed by atoms with Crippen molar-refractivity contribution in [3.8, 4) is 11.5 Å². The molecule has 1 amide bonds. The van der Waals surface area contributed by atoms with Crippen LogP contribution in [0.5, 0.6) is 11.5 Å². The molecule has 0 aromatic heterocycles. The minimum Gasteiger partial charge on any atom is -0.507 e. The van der Waals surface area contributed by atoms with E-state index in [1.54, 1.807) is 0 Å². The monoisotopic (exact) mass is 380 g/mol. The number of methoxy groups -OCH3 is 1. The van der Waals surface area contributed by atoms with Gasteiger partial charge in [-0.25, -0.2) is 4.79 Å². The van der Waals surface area contributed by atoms with E-state index in [0.717, 1.165) is 6.07 Å². The second-order valence-corrected chi connectivity index (χ2v) is 5.36.